The molecule has 9 nitrogen and oxygen atoms in total. The topological polar surface area (TPSA) is 142 Å². The van der Waals surface area contributed by atoms with Crippen molar-refractivity contribution in [1.82, 2.24) is 15.4 Å². The molecular formula is C18H27N5O4S2. The average Bonchev–Trinajstić information content (AvgIpc) is 3.23. The molecule has 2 aliphatic rings. The van der Waals surface area contributed by atoms with E-state index in [0.717, 1.165) is 25.0 Å². The molecule has 2 heterocycles. The Kier molecular flexibility index (Phi) is 7.38. The summed E-state index contributed by atoms with van der Waals surface area (Å²) in [5, 5.41) is 9.02. The number of hydrogen-bond acceptors (Lipinski definition) is 6. The second kappa shape index (κ2) is 9.79. The summed E-state index contributed by atoms with van der Waals surface area (Å²) in [5.41, 5.74) is 5.78. The summed E-state index contributed by atoms with van der Waals surface area (Å²) in [6, 6.07) is 6.45. The van der Waals surface area contributed by atoms with Crippen LogP contribution < -0.4 is 26.4 Å². The molecule has 1 aromatic carbocycles. The van der Waals surface area contributed by atoms with E-state index in [0.29, 0.717) is 17.4 Å². The maximum Gasteiger partial charge on any atom is 0.315 e. The van der Waals surface area contributed by atoms with Crippen molar-refractivity contribution in [2.45, 2.75) is 47.9 Å². The van der Waals surface area contributed by atoms with Gasteiger partial charge in [-0.15, -0.1) is 0 Å². The first-order valence-corrected chi connectivity index (χ1v) is 12.2. The van der Waals surface area contributed by atoms with Crippen LogP contribution in [0.25, 0.3) is 0 Å². The van der Waals surface area contributed by atoms with E-state index in [1.165, 1.54) is 12.1 Å². The molecule has 3 rings (SSSR count). The van der Waals surface area contributed by atoms with Gasteiger partial charge in [0.2, 0.25) is 15.9 Å². The molecule has 0 radical (unpaired) electrons. The molecule has 29 heavy (non-hydrogen) atoms. The summed E-state index contributed by atoms with van der Waals surface area (Å²) in [6.45, 7) is 0.360. The first-order valence-electron chi connectivity index (χ1n) is 9.67. The molecule has 0 aliphatic carbocycles. The van der Waals surface area contributed by atoms with E-state index in [-0.39, 0.29) is 42.0 Å². The fraction of sp³-hybridized carbons (Fsp3) is 0.556. The highest BCUT2D eigenvalue weighted by Crippen LogP contribution is 2.33. The number of amides is 3. The Balaban J connectivity index is 1.42. The third kappa shape index (κ3) is 5.84. The number of urea groups is 1. The van der Waals surface area contributed by atoms with Gasteiger partial charge in [-0.25, -0.2) is 17.9 Å². The third-order valence-electron chi connectivity index (χ3n) is 4.95. The van der Waals surface area contributed by atoms with Crippen molar-refractivity contribution in [2.75, 3.05) is 24.2 Å². The predicted molar refractivity (Wildman–Crippen MR) is 113 cm³/mol. The smallest absolute Gasteiger partial charge is 0.315 e. The van der Waals surface area contributed by atoms with Gasteiger partial charge in [0.25, 0.3) is 0 Å². The lowest BCUT2D eigenvalue weighted by molar-refractivity contribution is -0.116. The molecule has 1 aromatic rings. The number of anilines is 1. The van der Waals surface area contributed by atoms with Gasteiger partial charge in [0.05, 0.1) is 17.0 Å². The largest absolute Gasteiger partial charge is 0.332 e. The van der Waals surface area contributed by atoms with Crippen molar-refractivity contribution in [3.63, 3.8) is 0 Å². The number of rotatable bonds is 10. The Labute approximate surface area is 175 Å². The number of carbonyl (C=O) groups is 2. The number of benzene rings is 1. The average molecular weight is 442 g/mol. The van der Waals surface area contributed by atoms with Gasteiger partial charge >= 0.3 is 6.03 Å². The molecule has 0 aromatic heterocycles. The predicted octanol–water partition coefficient (Wildman–Crippen LogP) is 0.588. The van der Waals surface area contributed by atoms with Crippen LogP contribution in [-0.2, 0) is 14.8 Å². The van der Waals surface area contributed by atoms with E-state index in [2.05, 4.69) is 20.7 Å². The highest BCUT2D eigenvalue weighted by molar-refractivity contribution is 8.00. The van der Waals surface area contributed by atoms with Gasteiger partial charge in [-0.2, -0.15) is 11.8 Å². The minimum atomic E-state index is -3.64. The zero-order valence-electron chi connectivity index (χ0n) is 16.0. The molecule has 3 atom stereocenters. The van der Waals surface area contributed by atoms with Gasteiger partial charge in [0, 0.05) is 36.2 Å². The highest BCUT2D eigenvalue weighted by Gasteiger charge is 2.42. The van der Waals surface area contributed by atoms with Gasteiger partial charge < -0.3 is 21.7 Å². The molecule has 0 bridgehead atoms. The van der Waals surface area contributed by atoms with Crippen LogP contribution in [0.2, 0.25) is 0 Å². The SMILES string of the molecule is NCCNS(=O)(=O)c1cccc(NC(=O)CCCC[C@@H]2SC[C@@H]3NC(=O)N[C@@H]32)c1. The lowest BCUT2D eigenvalue weighted by Gasteiger charge is -2.16. The normalized spacial score (nSPS) is 23.3. The first kappa shape index (κ1) is 21.9. The minimum absolute atomic E-state index is 0.0868. The van der Waals surface area contributed by atoms with Gasteiger partial charge in [-0.1, -0.05) is 12.5 Å². The lowest BCUT2D eigenvalue weighted by atomic mass is 10.0. The quantitative estimate of drug-likeness (QED) is 0.266. The second-order valence-electron chi connectivity index (χ2n) is 7.13. The number of carbonyl (C=O) groups excluding carboxylic acids is 2. The summed E-state index contributed by atoms with van der Waals surface area (Å²) in [6.07, 6.45) is 2.93. The van der Waals surface area contributed by atoms with E-state index in [1.807, 2.05) is 11.8 Å². The number of nitrogens with one attached hydrogen (secondary N) is 4. The standard InChI is InChI=1S/C18H27N5O4S2/c19-8-9-20-29(26,27)13-5-3-4-12(10-13)21-16(24)7-2-1-6-15-17-14(11-28-15)22-18(25)23-17/h3-5,10,14-15,17,20H,1-2,6-9,11,19H2,(H,21,24)(H2,22,23,25)/t14-,15-,17-/m0/s1. The summed E-state index contributed by atoms with van der Waals surface area (Å²) >= 11 is 1.86. The van der Waals surface area contributed by atoms with Crippen molar-refractivity contribution >= 4 is 39.4 Å². The fourth-order valence-electron chi connectivity index (χ4n) is 3.52. The van der Waals surface area contributed by atoms with Crippen molar-refractivity contribution in [2.24, 2.45) is 5.73 Å². The Bertz CT molecular complexity index is 848. The molecule has 160 valence electrons. The minimum Gasteiger partial charge on any atom is -0.332 e. The van der Waals surface area contributed by atoms with Crippen LogP contribution >= 0.6 is 11.8 Å². The van der Waals surface area contributed by atoms with Crippen molar-refractivity contribution in [1.29, 1.82) is 0 Å². The number of fused-ring (bicyclic) bond motifs is 1. The third-order valence-corrected chi connectivity index (χ3v) is 7.91. The van der Waals surface area contributed by atoms with Gasteiger partial charge in [-0.05, 0) is 31.0 Å². The van der Waals surface area contributed by atoms with E-state index >= 15 is 0 Å². The van der Waals surface area contributed by atoms with Gasteiger partial charge in [0.1, 0.15) is 0 Å². The van der Waals surface area contributed by atoms with Gasteiger partial charge in [-0.3, -0.25) is 4.79 Å². The van der Waals surface area contributed by atoms with Crippen LogP contribution in [0.1, 0.15) is 25.7 Å². The van der Waals surface area contributed by atoms with Crippen molar-refractivity contribution in [3.05, 3.63) is 24.3 Å². The molecule has 0 spiro atoms. The Morgan fingerprint density at radius 1 is 1.28 bits per heavy atom. The zero-order valence-corrected chi connectivity index (χ0v) is 17.7. The first-order chi connectivity index (χ1) is 13.9. The van der Waals surface area contributed by atoms with E-state index < -0.39 is 10.0 Å². The van der Waals surface area contributed by atoms with Crippen LogP contribution in [0.4, 0.5) is 10.5 Å². The number of thioether (sulfide) groups is 1. The molecule has 0 unspecified atom stereocenters. The van der Waals surface area contributed by atoms with Crippen LogP contribution in [0.3, 0.4) is 0 Å². The van der Waals surface area contributed by atoms with E-state index in [9.17, 15) is 18.0 Å². The maximum atomic E-state index is 12.2. The summed E-state index contributed by atoms with van der Waals surface area (Å²) < 4.78 is 26.7. The fourth-order valence-corrected chi connectivity index (χ4v) is 6.15. The molecular weight excluding hydrogens is 414 g/mol. The Morgan fingerprint density at radius 3 is 2.90 bits per heavy atom. The van der Waals surface area contributed by atoms with E-state index in [1.54, 1.807) is 12.1 Å². The zero-order chi connectivity index (χ0) is 20.9. The lowest BCUT2D eigenvalue weighted by Crippen LogP contribution is -2.36. The molecule has 2 fully saturated rings. The Hall–Kier alpha value is -1.82. The van der Waals surface area contributed by atoms with Crippen LogP contribution in [-0.4, -0.2) is 56.5 Å². The Morgan fingerprint density at radius 2 is 2.10 bits per heavy atom. The maximum absolute atomic E-state index is 12.2. The second-order valence-corrected chi connectivity index (χ2v) is 10.2. The summed E-state index contributed by atoms with van der Waals surface area (Å²) in [4.78, 5) is 23.7. The number of nitrogens with two attached hydrogens (primary N) is 1. The van der Waals surface area contributed by atoms with Crippen molar-refractivity contribution in [3.8, 4) is 0 Å². The molecule has 0 saturated carbocycles. The van der Waals surface area contributed by atoms with Crippen molar-refractivity contribution < 1.29 is 18.0 Å². The molecule has 11 heteroatoms. The number of unbranched alkanes of at least 4 members (excludes halogenated alkanes) is 1. The molecule has 2 saturated heterocycles. The molecule has 2 aliphatic heterocycles. The molecule has 3 amide bonds. The highest BCUT2D eigenvalue weighted by atomic mass is 32.2. The monoisotopic (exact) mass is 441 g/mol. The molecule has 6 N–H and O–H groups in total. The summed E-state index contributed by atoms with van der Waals surface area (Å²) in [5.74, 6) is 0.774. The van der Waals surface area contributed by atoms with Crippen LogP contribution in [0.15, 0.2) is 29.2 Å². The summed E-state index contributed by atoms with van der Waals surface area (Å²) in [7, 11) is -3.64. The van der Waals surface area contributed by atoms with Gasteiger partial charge in [0.15, 0.2) is 0 Å². The van der Waals surface area contributed by atoms with E-state index in [4.69, 9.17) is 5.73 Å². The number of hydrogen-bond donors (Lipinski definition) is 5. The number of sulfonamides is 1. The van der Waals surface area contributed by atoms with Crippen LogP contribution in [0.5, 0.6) is 0 Å². The van der Waals surface area contributed by atoms with Crippen LogP contribution in [0, 0.1) is 0 Å².